The van der Waals surface area contributed by atoms with Gasteiger partial charge < -0.3 is 20.5 Å². The first-order chi connectivity index (χ1) is 13.3. The molecule has 0 aliphatic rings. The molecule has 28 heavy (non-hydrogen) atoms. The van der Waals surface area contributed by atoms with E-state index in [-0.39, 0.29) is 0 Å². The highest BCUT2D eigenvalue weighted by atomic mass is 16.6. The topological polar surface area (TPSA) is 70.6 Å². The highest BCUT2D eigenvalue weighted by Crippen LogP contribution is 2.10. The molecule has 0 aliphatic heterocycles. The van der Waals surface area contributed by atoms with Crippen LogP contribution in [0.2, 0.25) is 0 Å². The van der Waals surface area contributed by atoms with Gasteiger partial charge in [-0.3, -0.25) is 0 Å². The minimum atomic E-state index is -0.733. The summed E-state index contributed by atoms with van der Waals surface area (Å²) in [7, 11) is 0. The van der Waals surface area contributed by atoms with Crippen molar-refractivity contribution in [3.63, 3.8) is 0 Å². The third-order valence-electron chi connectivity index (χ3n) is 4.25. The summed E-state index contributed by atoms with van der Waals surface area (Å²) >= 11 is 0. The van der Waals surface area contributed by atoms with Crippen LogP contribution in [0.5, 0.6) is 0 Å². The van der Waals surface area contributed by atoms with E-state index in [9.17, 15) is 9.90 Å². The second-order valence-corrected chi connectivity index (χ2v) is 7.95. The van der Waals surface area contributed by atoms with Crippen molar-refractivity contribution in [2.45, 2.75) is 51.4 Å². The number of carbonyl (C=O) groups excluding carboxylic acids is 1. The third kappa shape index (κ3) is 8.55. The van der Waals surface area contributed by atoms with Crippen LogP contribution in [-0.4, -0.2) is 42.0 Å². The Balaban J connectivity index is 1.89. The van der Waals surface area contributed by atoms with Gasteiger partial charge in [-0.25, -0.2) is 4.79 Å². The van der Waals surface area contributed by atoms with Gasteiger partial charge >= 0.3 is 6.09 Å². The Morgan fingerprint density at radius 3 is 2.14 bits per heavy atom. The molecule has 0 heterocycles. The zero-order valence-electron chi connectivity index (χ0n) is 17.0. The fourth-order valence-corrected chi connectivity index (χ4v) is 2.88. The molecule has 5 nitrogen and oxygen atoms in total. The SMILES string of the molecule is CC(C)(C)OC(=O)N[C@@H](Cc1ccccc1)[C@@H](O)CNCCc1ccccc1. The molecule has 0 aliphatic carbocycles. The van der Waals surface area contributed by atoms with Crippen molar-refractivity contribution in [1.29, 1.82) is 0 Å². The number of aliphatic hydroxyl groups excluding tert-OH is 1. The van der Waals surface area contributed by atoms with Crippen molar-refractivity contribution in [3.05, 3.63) is 71.8 Å². The lowest BCUT2D eigenvalue weighted by molar-refractivity contribution is 0.0423. The Bertz CT molecular complexity index is 699. The van der Waals surface area contributed by atoms with Crippen LogP contribution in [0.4, 0.5) is 4.79 Å². The minimum absolute atomic E-state index is 0.389. The summed E-state index contributed by atoms with van der Waals surface area (Å²) in [5, 5.41) is 16.8. The van der Waals surface area contributed by atoms with E-state index in [0.717, 1.165) is 18.5 Å². The molecule has 0 fully saturated rings. The maximum atomic E-state index is 12.2. The Hall–Kier alpha value is -2.37. The highest BCUT2D eigenvalue weighted by Gasteiger charge is 2.24. The number of aliphatic hydroxyl groups is 1. The predicted octanol–water partition coefficient (Wildman–Crippen LogP) is 3.32. The van der Waals surface area contributed by atoms with Gasteiger partial charge in [0, 0.05) is 6.54 Å². The van der Waals surface area contributed by atoms with Crippen LogP contribution < -0.4 is 10.6 Å². The Morgan fingerprint density at radius 1 is 1.00 bits per heavy atom. The van der Waals surface area contributed by atoms with Crippen molar-refractivity contribution < 1.29 is 14.6 Å². The fraction of sp³-hybridized carbons (Fsp3) is 0.435. The van der Waals surface area contributed by atoms with Crippen molar-refractivity contribution in [3.8, 4) is 0 Å². The summed E-state index contributed by atoms with van der Waals surface area (Å²) in [5.74, 6) is 0. The number of amides is 1. The highest BCUT2D eigenvalue weighted by molar-refractivity contribution is 5.68. The van der Waals surface area contributed by atoms with Crippen molar-refractivity contribution in [2.75, 3.05) is 13.1 Å². The maximum absolute atomic E-state index is 12.2. The molecule has 0 bridgehead atoms. The lowest BCUT2D eigenvalue weighted by Crippen LogP contribution is -2.50. The minimum Gasteiger partial charge on any atom is -0.444 e. The van der Waals surface area contributed by atoms with E-state index in [2.05, 4.69) is 22.8 Å². The molecule has 1 amide bonds. The van der Waals surface area contributed by atoms with E-state index in [1.54, 1.807) is 0 Å². The van der Waals surface area contributed by atoms with Crippen LogP contribution in [0.3, 0.4) is 0 Å². The average molecular weight is 385 g/mol. The zero-order valence-corrected chi connectivity index (χ0v) is 17.0. The number of rotatable bonds is 9. The quantitative estimate of drug-likeness (QED) is 0.580. The molecule has 2 aromatic carbocycles. The Labute approximate surface area is 168 Å². The molecular formula is C23H32N2O3. The van der Waals surface area contributed by atoms with E-state index >= 15 is 0 Å². The second kappa shape index (κ2) is 10.8. The molecule has 2 aromatic rings. The van der Waals surface area contributed by atoms with E-state index < -0.39 is 23.8 Å². The molecule has 0 saturated heterocycles. The molecule has 0 radical (unpaired) electrons. The smallest absolute Gasteiger partial charge is 0.407 e. The average Bonchev–Trinajstić information content (AvgIpc) is 2.65. The van der Waals surface area contributed by atoms with Gasteiger partial charge in [0.15, 0.2) is 0 Å². The molecule has 2 rings (SSSR count). The van der Waals surface area contributed by atoms with Gasteiger partial charge in [0.25, 0.3) is 0 Å². The first-order valence-corrected chi connectivity index (χ1v) is 9.79. The summed E-state index contributed by atoms with van der Waals surface area (Å²) in [5.41, 5.74) is 1.71. The van der Waals surface area contributed by atoms with Gasteiger partial charge in [0.1, 0.15) is 5.60 Å². The second-order valence-electron chi connectivity index (χ2n) is 7.95. The summed E-state index contributed by atoms with van der Waals surface area (Å²) in [6.45, 7) is 6.60. The number of ether oxygens (including phenoxy) is 1. The first kappa shape index (κ1) is 21.9. The van der Waals surface area contributed by atoms with Crippen molar-refractivity contribution in [2.24, 2.45) is 0 Å². The number of hydrogen-bond acceptors (Lipinski definition) is 4. The normalized spacial score (nSPS) is 13.6. The van der Waals surface area contributed by atoms with E-state index in [0.29, 0.717) is 13.0 Å². The van der Waals surface area contributed by atoms with Gasteiger partial charge in [0.2, 0.25) is 0 Å². The van der Waals surface area contributed by atoms with Crippen LogP contribution in [0, 0.1) is 0 Å². The summed E-state index contributed by atoms with van der Waals surface area (Å²) in [6.07, 6.45) is 0.165. The van der Waals surface area contributed by atoms with Crippen molar-refractivity contribution >= 4 is 6.09 Å². The van der Waals surface area contributed by atoms with Crippen LogP contribution in [0.25, 0.3) is 0 Å². The van der Waals surface area contributed by atoms with Crippen LogP contribution in [0.15, 0.2) is 60.7 Å². The molecule has 2 atom stereocenters. The summed E-state index contributed by atoms with van der Waals surface area (Å²) in [6, 6.07) is 19.6. The van der Waals surface area contributed by atoms with Crippen molar-refractivity contribution in [1.82, 2.24) is 10.6 Å². The van der Waals surface area contributed by atoms with Gasteiger partial charge in [-0.1, -0.05) is 60.7 Å². The number of carbonyl (C=O) groups is 1. The summed E-state index contributed by atoms with van der Waals surface area (Å²) < 4.78 is 5.36. The number of hydrogen-bond donors (Lipinski definition) is 3. The molecule has 5 heteroatoms. The lowest BCUT2D eigenvalue weighted by atomic mass is 10.0. The van der Waals surface area contributed by atoms with Gasteiger partial charge in [-0.15, -0.1) is 0 Å². The number of alkyl carbamates (subject to hydrolysis) is 1. The van der Waals surface area contributed by atoms with E-state index in [4.69, 9.17) is 4.74 Å². The lowest BCUT2D eigenvalue weighted by Gasteiger charge is -2.27. The molecule has 152 valence electrons. The molecular weight excluding hydrogens is 352 g/mol. The van der Waals surface area contributed by atoms with E-state index in [1.165, 1.54) is 5.56 Å². The molecule has 0 saturated carbocycles. The van der Waals surface area contributed by atoms with Crippen LogP contribution >= 0.6 is 0 Å². The van der Waals surface area contributed by atoms with Crippen LogP contribution in [-0.2, 0) is 17.6 Å². The fourth-order valence-electron chi connectivity index (χ4n) is 2.88. The predicted molar refractivity (Wildman–Crippen MR) is 112 cm³/mol. The van der Waals surface area contributed by atoms with Gasteiger partial charge in [-0.05, 0) is 51.3 Å². The standard InChI is InChI=1S/C23H32N2O3/c1-23(2,3)28-22(27)25-20(16-19-12-8-5-9-13-19)21(26)17-24-15-14-18-10-6-4-7-11-18/h4-13,20-21,24,26H,14-17H2,1-3H3,(H,25,27)/t20-,21-/m0/s1. The monoisotopic (exact) mass is 384 g/mol. The molecule has 0 aromatic heterocycles. The maximum Gasteiger partial charge on any atom is 0.407 e. The largest absolute Gasteiger partial charge is 0.444 e. The summed E-state index contributed by atoms with van der Waals surface area (Å²) in [4.78, 5) is 12.2. The molecule has 3 N–H and O–H groups in total. The molecule has 0 spiro atoms. The Kier molecular flexibility index (Phi) is 8.48. The number of nitrogens with one attached hydrogen (secondary N) is 2. The van der Waals surface area contributed by atoms with Gasteiger partial charge in [-0.2, -0.15) is 0 Å². The van der Waals surface area contributed by atoms with E-state index in [1.807, 2.05) is 69.3 Å². The van der Waals surface area contributed by atoms with Crippen LogP contribution in [0.1, 0.15) is 31.9 Å². The molecule has 0 unspecified atom stereocenters. The zero-order chi connectivity index (χ0) is 20.4. The number of benzene rings is 2. The first-order valence-electron chi connectivity index (χ1n) is 9.79. The Morgan fingerprint density at radius 2 is 1.57 bits per heavy atom. The third-order valence-corrected chi connectivity index (χ3v) is 4.25. The van der Waals surface area contributed by atoms with Gasteiger partial charge in [0.05, 0.1) is 12.1 Å².